The molecule has 0 aliphatic heterocycles. The van der Waals surface area contributed by atoms with Gasteiger partial charge in [-0.15, -0.1) is 0 Å². The van der Waals surface area contributed by atoms with Crippen molar-refractivity contribution in [1.29, 1.82) is 0 Å². The van der Waals surface area contributed by atoms with Gasteiger partial charge in [0.1, 0.15) is 11.2 Å². The second-order valence-electron chi connectivity index (χ2n) is 12.0. The van der Waals surface area contributed by atoms with Gasteiger partial charge in [0.25, 0.3) is 0 Å². The first-order valence-electron chi connectivity index (χ1n) is 27.6. The second-order valence-corrected chi connectivity index (χ2v) is 12.0. The average Bonchev–Trinajstić information content (AvgIpc) is 3.98. The minimum atomic E-state index is -0.983. The number of anilines is 3. The number of rotatable bonds is 7. The van der Waals surface area contributed by atoms with Crippen molar-refractivity contribution in [3.8, 4) is 44.5 Å². The van der Waals surface area contributed by atoms with E-state index >= 15 is 0 Å². The summed E-state index contributed by atoms with van der Waals surface area (Å²) in [5, 5.41) is 1.66. The van der Waals surface area contributed by atoms with Crippen molar-refractivity contribution in [1.82, 2.24) is 0 Å². The molecule has 254 valence electrons. The van der Waals surface area contributed by atoms with Gasteiger partial charge >= 0.3 is 0 Å². The van der Waals surface area contributed by atoms with Gasteiger partial charge in [-0.2, -0.15) is 0 Å². The Morgan fingerprint density at radius 1 is 0.407 bits per heavy atom. The molecular formula is C52H35NO. The molecule has 2 heteroatoms. The van der Waals surface area contributed by atoms with Crippen LogP contribution in [0.2, 0.25) is 0 Å². The Bertz CT molecular complexity index is 4100. The highest BCUT2D eigenvalue weighted by molar-refractivity contribution is 6.22. The maximum atomic E-state index is 9.81. The van der Waals surface area contributed by atoms with Crippen molar-refractivity contribution in [3.05, 3.63) is 212 Å². The Hall–Kier alpha value is -7.16. The zero-order valence-electron chi connectivity index (χ0n) is 49.9. The number of fused-ring (bicyclic) bond motifs is 5. The summed E-state index contributed by atoms with van der Waals surface area (Å²) in [5.74, 6) is 0. The van der Waals surface area contributed by atoms with E-state index in [9.17, 15) is 12.3 Å². The lowest BCUT2D eigenvalue weighted by molar-refractivity contribution is 0.673. The minimum Gasteiger partial charge on any atom is -0.455 e. The molecule has 0 atom stereocenters. The van der Waals surface area contributed by atoms with Crippen LogP contribution in [-0.2, 0) is 0 Å². The van der Waals surface area contributed by atoms with Gasteiger partial charge in [0, 0.05) is 32.9 Å². The fourth-order valence-corrected chi connectivity index (χ4v) is 6.45. The molecule has 0 aliphatic rings. The van der Waals surface area contributed by atoms with Crippen LogP contribution in [0, 0.1) is 0 Å². The molecule has 0 amide bonds. The Morgan fingerprint density at radius 3 is 1.59 bits per heavy atom. The maximum absolute atomic E-state index is 9.81. The first-order chi connectivity index (χ1) is 36.0. The van der Waals surface area contributed by atoms with Gasteiger partial charge < -0.3 is 9.32 Å². The molecule has 10 aromatic rings. The zero-order chi connectivity index (χ0) is 55.0. The van der Waals surface area contributed by atoms with Gasteiger partial charge in [-0.05, 0) is 86.9 Å². The van der Waals surface area contributed by atoms with Gasteiger partial charge in [0.15, 0.2) is 0 Å². The first-order valence-corrected chi connectivity index (χ1v) is 16.6. The monoisotopic (exact) mass is 711 g/mol. The van der Waals surface area contributed by atoms with Crippen molar-refractivity contribution in [3.63, 3.8) is 0 Å². The molecule has 0 radical (unpaired) electrons. The van der Waals surface area contributed by atoms with Gasteiger partial charge in [-0.25, -0.2) is 0 Å². The molecule has 0 aliphatic carbocycles. The summed E-state index contributed by atoms with van der Waals surface area (Å²) in [7, 11) is 0. The van der Waals surface area contributed by atoms with E-state index in [-0.39, 0.29) is 11.1 Å². The van der Waals surface area contributed by atoms with Crippen LogP contribution in [0.25, 0.3) is 77.2 Å². The molecule has 0 unspecified atom stereocenters. The summed E-state index contributed by atoms with van der Waals surface area (Å²) in [6.07, 6.45) is 0. The van der Waals surface area contributed by atoms with E-state index in [1.54, 1.807) is 42.5 Å². The molecule has 0 N–H and O–H groups in total. The largest absolute Gasteiger partial charge is 0.455 e. The SMILES string of the molecule is [2H]c1c([2H])c([2H])c(-c2c([2H])c([2H])c(N(c3c([2H])c([2H])c(-c4c([2H])c([2H])c([2H])c(-c5c([2H])c([2H])c([2H])c([2H])c5[2H])c4[2H])c([2H])c3[2H])c3cc4c(oc5cccc(-c6ccccc6)c54)c4ccccc34)c([2H])c2[2H])c([2H])c1[2H]. The van der Waals surface area contributed by atoms with Gasteiger partial charge in [0.2, 0.25) is 0 Å². The molecule has 10 rings (SSSR count). The summed E-state index contributed by atoms with van der Waals surface area (Å²) in [6.45, 7) is 0. The smallest absolute Gasteiger partial charge is 0.143 e. The molecule has 54 heavy (non-hydrogen) atoms. The normalized spacial score (nSPS) is 17.0. The standard InChI is InChI=1S/C52H35NO/c1-4-14-36(15-5-1)38-26-30-43(31-27-38)53(44-32-28-39(29-33-44)42-21-12-20-41(34-42)37-16-6-2-7-17-37)49-35-48-51-45(40-18-8-3-9-19-40)24-13-25-50(51)54-52(48)47-23-11-10-22-46(47)49/h1-35H/i1D,2D,4D,5D,6D,7D,12D,14D,15D,16D,17D,20D,21D,26D,27D,28D,29D,30D,31D,32D,33D,34D. The van der Waals surface area contributed by atoms with E-state index in [1.165, 1.54) is 0 Å². The van der Waals surface area contributed by atoms with Crippen molar-refractivity contribution in [2.24, 2.45) is 0 Å². The highest BCUT2D eigenvalue weighted by Crippen LogP contribution is 2.46. The highest BCUT2D eigenvalue weighted by Gasteiger charge is 2.22. The summed E-state index contributed by atoms with van der Waals surface area (Å²) < 4.78 is 204. The zero-order valence-corrected chi connectivity index (χ0v) is 27.9. The summed E-state index contributed by atoms with van der Waals surface area (Å²) >= 11 is 0. The van der Waals surface area contributed by atoms with Crippen LogP contribution in [0.4, 0.5) is 17.1 Å². The lowest BCUT2D eigenvalue weighted by Gasteiger charge is -2.27. The van der Waals surface area contributed by atoms with Crippen LogP contribution in [0.1, 0.15) is 30.2 Å². The van der Waals surface area contributed by atoms with E-state index < -0.39 is 178 Å². The summed E-state index contributed by atoms with van der Waals surface area (Å²) in [6, 6.07) is 3.45. The quantitative estimate of drug-likeness (QED) is 0.164. The van der Waals surface area contributed by atoms with Crippen LogP contribution in [0.15, 0.2) is 216 Å². The maximum Gasteiger partial charge on any atom is 0.143 e. The average molecular weight is 712 g/mol. The number of nitrogens with zero attached hydrogens (tertiary/aromatic N) is 1. The summed E-state index contributed by atoms with van der Waals surface area (Å²) in [5.41, 5.74) is -3.43. The molecule has 0 bridgehead atoms. The first kappa shape index (κ1) is 16.2. The Morgan fingerprint density at radius 2 is 0.944 bits per heavy atom. The third-order valence-corrected chi connectivity index (χ3v) is 8.85. The number of benzene rings is 9. The number of hydrogen-bond acceptors (Lipinski definition) is 2. The Balaban J connectivity index is 1.35. The van der Waals surface area contributed by atoms with Crippen molar-refractivity contribution in [2.75, 3.05) is 4.90 Å². The van der Waals surface area contributed by atoms with Crippen LogP contribution in [-0.4, -0.2) is 0 Å². The van der Waals surface area contributed by atoms with Gasteiger partial charge in [0.05, 0.1) is 35.8 Å². The van der Waals surface area contributed by atoms with Crippen molar-refractivity contribution < 1.29 is 34.6 Å². The molecular weight excluding hydrogens is 655 g/mol. The van der Waals surface area contributed by atoms with Gasteiger partial charge in [-0.3, -0.25) is 0 Å². The van der Waals surface area contributed by atoms with Gasteiger partial charge in [-0.1, -0.05) is 169 Å². The predicted octanol–water partition coefficient (Wildman–Crippen LogP) is 14.9. The molecule has 1 heterocycles. The van der Waals surface area contributed by atoms with Crippen molar-refractivity contribution >= 4 is 49.8 Å². The third-order valence-electron chi connectivity index (χ3n) is 8.85. The molecule has 9 aromatic carbocycles. The van der Waals surface area contributed by atoms with Crippen LogP contribution < -0.4 is 4.90 Å². The lowest BCUT2D eigenvalue weighted by Crippen LogP contribution is -2.10. The predicted molar refractivity (Wildman–Crippen MR) is 228 cm³/mol. The van der Waals surface area contributed by atoms with Crippen molar-refractivity contribution in [2.45, 2.75) is 0 Å². The van der Waals surface area contributed by atoms with Crippen LogP contribution >= 0.6 is 0 Å². The molecule has 0 spiro atoms. The Labute approximate surface area is 345 Å². The molecule has 0 fully saturated rings. The van der Waals surface area contributed by atoms with Crippen LogP contribution in [0.3, 0.4) is 0 Å². The van der Waals surface area contributed by atoms with E-state index in [0.29, 0.717) is 32.9 Å². The fourth-order valence-electron chi connectivity index (χ4n) is 6.45. The fraction of sp³-hybridized carbons (Fsp3) is 0. The highest BCUT2D eigenvalue weighted by atomic mass is 16.3. The third kappa shape index (κ3) is 5.62. The summed E-state index contributed by atoms with van der Waals surface area (Å²) in [4.78, 5) is 0.993. The topological polar surface area (TPSA) is 16.4 Å². The number of furan rings is 1. The number of hydrogen-bond donors (Lipinski definition) is 0. The van der Waals surface area contributed by atoms with E-state index in [1.807, 2.05) is 36.4 Å². The Kier molecular flexibility index (Phi) is 4.04. The molecule has 0 saturated heterocycles. The minimum absolute atomic E-state index is 0.0450. The lowest BCUT2D eigenvalue weighted by atomic mass is 9.96. The second kappa shape index (κ2) is 13.4. The molecule has 0 saturated carbocycles. The van der Waals surface area contributed by atoms with Crippen LogP contribution in [0.5, 0.6) is 0 Å². The molecule has 1 aromatic heterocycles. The van der Waals surface area contributed by atoms with E-state index in [2.05, 4.69) is 0 Å². The van der Waals surface area contributed by atoms with E-state index in [4.69, 9.17) is 22.2 Å². The van der Waals surface area contributed by atoms with E-state index in [0.717, 1.165) is 10.5 Å². The molecule has 2 nitrogen and oxygen atoms in total.